The molecule has 1 aliphatic rings. The molecule has 34 heavy (non-hydrogen) atoms. The second-order valence-electron chi connectivity index (χ2n) is 9.72. The van der Waals surface area contributed by atoms with E-state index < -0.39 is 0 Å². The van der Waals surface area contributed by atoms with Crippen LogP contribution in [0.1, 0.15) is 82.6 Å². The molecule has 1 aromatic heterocycles. The fourth-order valence-electron chi connectivity index (χ4n) is 5.20. The molecule has 1 atom stereocenters. The number of aromatic nitrogens is 2. The summed E-state index contributed by atoms with van der Waals surface area (Å²) in [6.45, 7) is 6.93. The van der Waals surface area contributed by atoms with Crippen LogP contribution in [0.2, 0.25) is 0 Å². The van der Waals surface area contributed by atoms with Gasteiger partial charge in [-0.25, -0.2) is 4.98 Å². The number of amides is 1. The Hall–Kier alpha value is -2.95. The van der Waals surface area contributed by atoms with Crippen LogP contribution in [0.4, 0.5) is 0 Å². The minimum Gasteiger partial charge on any atom is -0.333 e. The average molecular weight is 460 g/mol. The van der Waals surface area contributed by atoms with Gasteiger partial charge in [0, 0.05) is 12.5 Å². The lowest BCUT2D eigenvalue weighted by atomic mass is 9.88. The van der Waals surface area contributed by atoms with E-state index in [1.165, 1.54) is 6.42 Å². The normalized spacial score (nSPS) is 15.4. The van der Waals surface area contributed by atoms with Gasteiger partial charge in [0.1, 0.15) is 5.82 Å². The van der Waals surface area contributed by atoms with Crippen LogP contribution in [0.25, 0.3) is 16.6 Å². The second-order valence-corrected chi connectivity index (χ2v) is 9.72. The van der Waals surface area contributed by atoms with Crippen LogP contribution in [-0.4, -0.2) is 26.9 Å². The number of para-hydroxylation sites is 1. The summed E-state index contributed by atoms with van der Waals surface area (Å²) >= 11 is 0. The maximum absolute atomic E-state index is 13.8. The molecule has 5 nitrogen and oxygen atoms in total. The molecule has 1 aliphatic carbocycles. The standard InChI is InChI=1S/C29H37N3O2/c1-4-5-11-19-31(28(33)23-14-7-6-8-15-23)22(3)27-30-26-18-10-9-17-25(26)29(34)32(27)24-16-12-13-21(2)20-24/h9-10,12-13,16-18,20,22-23H,4-8,11,14-15,19H2,1-3H3. The third-order valence-corrected chi connectivity index (χ3v) is 7.14. The molecule has 0 bridgehead atoms. The molecule has 4 rings (SSSR count). The Morgan fingerprint density at radius 3 is 2.59 bits per heavy atom. The van der Waals surface area contributed by atoms with Gasteiger partial charge < -0.3 is 4.90 Å². The van der Waals surface area contributed by atoms with Crippen molar-refractivity contribution in [1.29, 1.82) is 0 Å². The van der Waals surface area contributed by atoms with Crippen LogP contribution in [0, 0.1) is 12.8 Å². The number of nitrogens with zero attached hydrogens (tertiary/aromatic N) is 3. The number of carbonyl (C=O) groups is 1. The van der Waals surface area contributed by atoms with E-state index in [0.29, 0.717) is 23.3 Å². The Kier molecular flexibility index (Phi) is 7.81. The van der Waals surface area contributed by atoms with Crippen molar-refractivity contribution in [1.82, 2.24) is 14.5 Å². The molecular weight excluding hydrogens is 422 g/mol. The van der Waals surface area contributed by atoms with Gasteiger partial charge in [0.05, 0.1) is 22.6 Å². The smallest absolute Gasteiger partial charge is 0.266 e. The zero-order valence-electron chi connectivity index (χ0n) is 20.8. The Morgan fingerprint density at radius 1 is 1.09 bits per heavy atom. The van der Waals surface area contributed by atoms with E-state index in [2.05, 4.69) is 6.92 Å². The molecule has 0 spiro atoms. The van der Waals surface area contributed by atoms with Gasteiger partial charge in [0.2, 0.25) is 5.91 Å². The molecule has 1 amide bonds. The molecule has 0 aliphatic heterocycles. The van der Waals surface area contributed by atoms with Gasteiger partial charge >= 0.3 is 0 Å². The van der Waals surface area contributed by atoms with Crippen molar-refractivity contribution in [2.24, 2.45) is 5.92 Å². The van der Waals surface area contributed by atoms with Crippen molar-refractivity contribution in [3.63, 3.8) is 0 Å². The lowest BCUT2D eigenvalue weighted by Gasteiger charge is -2.34. The van der Waals surface area contributed by atoms with Crippen molar-refractivity contribution < 1.29 is 4.79 Å². The zero-order valence-corrected chi connectivity index (χ0v) is 20.8. The molecule has 5 heteroatoms. The van der Waals surface area contributed by atoms with E-state index in [-0.39, 0.29) is 23.4 Å². The number of hydrogen-bond donors (Lipinski definition) is 0. The van der Waals surface area contributed by atoms with Crippen molar-refractivity contribution in [3.05, 3.63) is 70.3 Å². The zero-order chi connectivity index (χ0) is 24.1. The molecule has 0 saturated heterocycles. The predicted octanol–water partition coefficient (Wildman–Crippen LogP) is 6.35. The van der Waals surface area contributed by atoms with Crippen LogP contribution in [0.5, 0.6) is 0 Å². The molecule has 0 N–H and O–H groups in total. The summed E-state index contributed by atoms with van der Waals surface area (Å²) in [4.78, 5) is 34.5. The number of aryl methyl sites for hydroxylation is 1. The average Bonchev–Trinajstić information content (AvgIpc) is 2.86. The Balaban J connectivity index is 1.83. The van der Waals surface area contributed by atoms with Crippen molar-refractivity contribution >= 4 is 16.8 Å². The van der Waals surface area contributed by atoms with Gasteiger partial charge in [-0.05, 0) is 62.9 Å². The number of fused-ring (bicyclic) bond motifs is 1. The lowest BCUT2D eigenvalue weighted by Crippen LogP contribution is -2.41. The van der Waals surface area contributed by atoms with Crippen molar-refractivity contribution in [2.45, 2.75) is 78.2 Å². The highest BCUT2D eigenvalue weighted by Gasteiger charge is 2.31. The number of rotatable bonds is 8. The van der Waals surface area contributed by atoms with Crippen LogP contribution >= 0.6 is 0 Å². The van der Waals surface area contributed by atoms with E-state index >= 15 is 0 Å². The molecule has 3 aromatic rings. The predicted molar refractivity (Wildman–Crippen MR) is 138 cm³/mol. The summed E-state index contributed by atoms with van der Waals surface area (Å²) in [5.74, 6) is 0.939. The van der Waals surface area contributed by atoms with E-state index in [0.717, 1.165) is 56.2 Å². The Labute approximate surface area is 202 Å². The third kappa shape index (κ3) is 5.08. The van der Waals surface area contributed by atoms with Crippen LogP contribution in [0.3, 0.4) is 0 Å². The fraction of sp³-hybridized carbons (Fsp3) is 0.483. The van der Waals surface area contributed by atoms with Gasteiger partial charge in [-0.2, -0.15) is 0 Å². The summed E-state index contributed by atoms with van der Waals surface area (Å²) in [6, 6.07) is 15.1. The lowest BCUT2D eigenvalue weighted by molar-refractivity contribution is -0.139. The monoisotopic (exact) mass is 459 g/mol. The highest BCUT2D eigenvalue weighted by Crippen LogP contribution is 2.30. The van der Waals surface area contributed by atoms with Gasteiger partial charge in [-0.15, -0.1) is 0 Å². The van der Waals surface area contributed by atoms with Gasteiger partial charge in [0.15, 0.2) is 0 Å². The van der Waals surface area contributed by atoms with Crippen LogP contribution in [-0.2, 0) is 4.79 Å². The number of unbranched alkanes of at least 4 members (excludes halogenated alkanes) is 2. The third-order valence-electron chi connectivity index (χ3n) is 7.14. The van der Waals surface area contributed by atoms with E-state index in [4.69, 9.17) is 4.98 Å². The number of benzene rings is 2. The van der Waals surface area contributed by atoms with E-state index in [9.17, 15) is 9.59 Å². The first-order chi connectivity index (χ1) is 16.5. The highest BCUT2D eigenvalue weighted by molar-refractivity contribution is 5.80. The van der Waals surface area contributed by atoms with Crippen LogP contribution in [0.15, 0.2) is 53.3 Å². The van der Waals surface area contributed by atoms with Crippen LogP contribution < -0.4 is 5.56 Å². The molecular formula is C29H37N3O2. The number of carbonyl (C=O) groups excluding carboxylic acids is 1. The molecule has 1 unspecified atom stereocenters. The Morgan fingerprint density at radius 2 is 1.85 bits per heavy atom. The molecule has 1 fully saturated rings. The molecule has 2 aromatic carbocycles. The summed E-state index contributed by atoms with van der Waals surface area (Å²) in [5.41, 5.74) is 2.46. The minimum absolute atomic E-state index is 0.0809. The van der Waals surface area contributed by atoms with E-state index in [1.54, 1.807) is 4.57 Å². The van der Waals surface area contributed by atoms with Gasteiger partial charge in [-0.3, -0.25) is 14.2 Å². The Bertz CT molecular complexity index is 1190. The molecule has 1 heterocycles. The van der Waals surface area contributed by atoms with E-state index in [1.807, 2.05) is 67.3 Å². The van der Waals surface area contributed by atoms with Crippen molar-refractivity contribution in [3.8, 4) is 5.69 Å². The second kappa shape index (κ2) is 11.0. The van der Waals surface area contributed by atoms with Gasteiger partial charge in [-0.1, -0.05) is 63.3 Å². The first-order valence-electron chi connectivity index (χ1n) is 12.9. The summed E-state index contributed by atoms with van der Waals surface area (Å²) in [5, 5.41) is 0.594. The molecule has 0 radical (unpaired) electrons. The minimum atomic E-state index is -0.302. The largest absolute Gasteiger partial charge is 0.333 e. The van der Waals surface area contributed by atoms with Gasteiger partial charge in [0.25, 0.3) is 5.56 Å². The highest BCUT2D eigenvalue weighted by atomic mass is 16.2. The first kappa shape index (κ1) is 24.2. The SMILES string of the molecule is CCCCCN(C(=O)C1CCCCC1)C(C)c1nc2ccccc2c(=O)n1-c1cccc(C)c1. The maximum atomic E-state index is 13.8. The first-order valence-corrected chi connectivity index (χ1v) is 12.9. The molecule has 180 valence electrons. The number of hydrogen-bond acceptors (Lipinski definition) is 3. The summed E-state index contributed by atoms with van der Waals surface area (Å²) < 4.78 is 1.72. The summed E-state index contributed by atoms with van der Waals surface area (Å²) in [7, 11) is 0. The quantitative estimate of drug-likeness (QED) is 0.369. The van der Waals surface area contributed by atoms with Crippen molar-refractivity contribution in [2.75, 3.05) is 6.54 Å². The topological polar surface area (TPSA) is 55.2 Å². The molecule has 1 saturated carbocycles. The maximum Gasteiger partial charge on any atom is 0.266 e. The summed E-state index contributed by atoms with van der Waals surface area (Å²) in [6.07, 6.45) is 8.53. The fourth-order valence-corrected chi connectivity index (χ4v) is 5.20.